The molecule has 0 bridgehead atoms. The first-order chi connectivity index (χ1) is 14.7. The smallest absolute Gasteiger partial charge is 0.410 e. The Labute approximate surface area is 181 Å². The third-order valence-electron chi connectivity index (χ3n) is 5.93. The molecule has 1 atom stereocenters. The van der Waals surface area contributed by atoms with E-state index in [1.165, 1.54) is 0 Å². The summed E-state index contributed by atoms with van der Waals surface area (Å²) < 4.78 is 5.44. The van der Waals surface area contributed by atoms with Gasteiger partial charge in [0.1, 0.15) is 22.4 Å². The molecule has 1 unspecified atom stereocenters. The van der Waals surface area contributed by atoms with Crippen LogP contribution >= 0.6 is 0 Å². The molecule has 1 N–H and O–H groups in total. The minimum atomic E-state index is -0.523. The molecule has 0 radical (unpaired) electrons. The normalized spacial score (nSPS) is 20.5. The van der Waals surface area contributed by atoms with Crippen molar-refractivity contribution in [1.82, 2.24) is 25.2 Å². The molecule has 2 aliphatic heterocycles. The summed E-state index contributed by atoms with van der Waals surface area (Å²) in [4.78, 5) is 41.3. The van der Waals surface area contributed by atoms with Gasteiger partial charge in [0.2, 0.25) is 5.91 Å². The van der Waals surface area contributed by atoms with Crippen molar-refractivity contribution in [1.29, 1.82) is 0 Å². The molecule has 9 heteroatoms. The van der Waals surface area contributed by atoms with Crippen LogP contribution in [0.4, 0.5) is 4.79 Å². The number of nitrogens with one attached hydrogen (secondary N) is 1. The number of H-pyrrole nitrogens is 1. The Kier molecular flexibility index (Phi) is 5.68. The summed E-state index contributed by atoms with van der Waals surface area (Å²) in [6.07, 6.45) is 1.64. The summed E-state index contributed by atoms with van der Waals surface area (Å²) in [6, 6.07) is 5.64. The first-order valence-corrected chi connectivity index (χ1v) is 10.8. The number of benzene rings is 1. The standard InChI is InChI=1S/C22H29N5O4/c1-22(2,3)31-21(30)26-8-6-16(7-9-26)27-13-15(12-20(27)29)19(28)11-14-4-5-17-18(10-14)24-25-23-17/h4-5,10,15-16H,6-9,11-13H2,1-3H3,(H,23,24,25). The maximum Gasteiger partial charge on any atom is 0.410 e. The summed E-state index contributed by atoms with van der Waals surface area (Å²) in [6.45, 7) is 7.12. The van der Waals surface area contributed by atoms with E-state index in [0.29, 0.717) is 32.5 Å². The molecular formula is C22H29N5O4. The van der Waals surface area contributed by atoms with Crippen LogP contribution in [0.25, 0.3) is 11.0 Å². The lowest BCUT2D eigenvalue weighted by molar-refractivity contribution is -0.130. The zero-order valence-corrected chi connectivity index (χ0v) is 18.3. The number of carbonyl (C=O) groups is 3. The summed E-state index contributed by atoms with van der Waals surface area (Å²) in [5.41, 5.74) is 1.84. The number of hydrogen-bond acceptors (Lipinski definition) is 6. The maximum absolute atomic E-state index is 12.8. The zero-order valence-electron chi connectivity index (χ0n) is 18.3. The number of Topliss-reactive ketones (excluding diaryl/α,β-unsaturated/α-hetero) is 1. The van der Waals surface area contributed by atoms with Gasteiger partial charge < -0.3 is 14.5 Å². The quantitative estimate of drug-likeness (QED) is 0.802. The average molecular weight is 428 g/mol. The molecule has 2 aromatic rings. The molecule has 2 amide bonds. The largest absolute Gasteiger partial charge is 0.444 e. The highest BCUT2D eigenvalue weighted by molar-refractivity contribution is 5.92. The zero-order chi connectivity index (χ0) is 22.2. The first kappa shape index (κ1) is 21.3. The minimum absolute atomic E-state index is 0.0287. The summed E-state index contributed by atoms with van der Waals surface area (Å²) in [5.74, 6) is -0.185. The van der Waals surface area contributed by atoms with Gasteiger partial charge >= 0.3 is 6.09 Å². The number of amides is 2. The van der Waals surface area contributed by atoms with Gasteiger partial charge in [-0.2, -0.15) is 15.4 Å². The SMILES string of the molecule is CC(C)(C)OC(=O)N1CCC(N2CC(C(=O)Cc3ccc4n[nH]nc4c3)CC2=O)CC1. The van der Waals surface area contributed by atoms with E-state index in [9.17, 15) is 14.4 Å². The van der Waals surface area contributed by atoms with Crippen LogP contribution in [0.1, 0.15) is 45.6 Å². The number of aromatic nitrogens is 3. The van der Waals surface area contributed by atoms with E-state index in [0.717, 1.165) is 16.6 Å². The van der Waals surface area contributed by atoms with Crippen molar-refractivity contribution in [2.24, 2.45) is 5.92 Å². The van der Waals surface area contributed by atoms with Crippen molar-refractivity contribution in [2.45, 2.75) is 58.1 Å². The molecule has 2 fully saturated rings. The van der Waals surface area contributed by atoms with Gasteiger partial charge in [-0.25, -0.2) is 4.79 Å². The number of ketones is 1. The van der Waals surface area contributed by atoms with E-state index in [1.54, 1.807) is 4.90 Å². The molecule has 0 saturated carbocycles. The molecule has 4 rings (SSSR count). The van der Waals surface area contributed by atoms with Gasteiger partial charge in [-0.05, 0) is 51.3 Å². The van der Waals surface area contributed by atoms with Crippen LogP contribution in [0.2, 0.25) is 0 Å². The van der Waals surface area contributed by atoms with E-state index in [1.807, 2.05) is 43.9 Å². The predicted octanol–water partition coefficient (Wildman–Crippen LogP) is 2.32. The van der Waals surface area contributed by atoms with Crippen molar-refractivity contribution >= 4 is 28.8 Å². The van der Waals surface area contributed by atoms with Crippen LogP contribution in [-0.4, -0.2) is 74.3 Å². The van der Waals surface area contributed by atoms with Crippen molar-refractivity contribution in [3.05, 3.63) is 23.8 Å². The van der Waals surface area contributed by atoms with Crippen LogP contribution in [0.3, 0.4) is 0 Å². The molecule has 166 valence electrons. The molecule has 0 spiro atoms. The third kappa shape index (κ3) is 4.86. The van der Waals surface area contributed by atoms with E-state index >= 15 is 0 Å². The van der Waals surface area contributed by atoms with Crippen molar-refractivity contribution in [3.8, 4) is 0 Å². The highest BCUT2D eigenvalue weighted by atomic mass is 16.6. The number of carbonyl (C=O) groups excluding carboxylic acids is 3. The molecule has 2 saturated heterocycles. The van der Waals surface area contributed by atoms with Crippen LogP contribution in [-0.2, 0) is 20.7 Å². The topological polar surface area (TPSA) is 108 Å². The lowest BCUT2D eigenvalue weighted by Crippen LogP contribution is -2.48. The lowest BCUT2D eigenvalue weighted by Gasteiger charge is -2.37. The Morgan fingerprint density at radius 1 is 1.16 bits per heavy atom. The summed E-state index contributed by atoms with van der Waals surface area (Å²) in [7, 11) is 0. The molecule has 1 aromatic carbocycles. The number of rotatable bonds is 4. The monoisotopic (exact) mass is 427 g/mol. The summed E-state index contributed by atoms with van der Waals surface area (Å²) in [5, 5.41) is 10.7. The second-order valence-electron chi connectivity index (χ2n) is 9.44. The number of piperidine rings is 1. The molecule has 1 aromatic heterocycles. The molecule has 2 aliphatic rings. The molecule has 3 heterocycles. The molecule has 9 nitrogen and oxygen atoms in total. The predicted molar refractivity (Wildman–Crippen MR) is 113 cm³/mol. The number of likely N-dealkylation sites (tertiary alicyclic amines) is 2. The first-order valence-electron chi connectivity index (χ1n) is 10.8. The van der Waals surface area contributed by atoms with Gasteiger partial charge in [0, 0.05) is 44.4 Å². The fourth-order valence-electron chi connectivity index (χ4n) is 4.33. The molecule has 31 heavy (non-hydrogen) atoms. The fourth-order valence-corrected chi connectivity index (χ4v) is 4.33. The second kappa shape index (κ2) is 8.28. The number of nitrogens with zero attached hydrogens (tertiary/aromatic N) is 4. The van der Waals surface area contributed by atoms with Crippen LogP contribution < -0.4 is 0 Å². The van der Waals surface area contributed by atoms with E-state index < -0.39 is 5.60 Å². The van der Waals surface area contributed by atoms with Crippen molar-refractivity contribution in [3.63, 3.8) is 0 Å². The number of hydrogen-bond donors (Lipinski definition) is 1. The van der Waals surface area contributed by atoms with Gasteiger partial charge in [0.25, 0.3) is 0 Å². The van der Waals surface area contributed by atoms with Gasteiger partial charge in [0.05, 0.1) is 0 Å². The second-order valence-corrected chi connectivity index (χ2v) is 9.44. The Bertz CT molecular complexity index is 987. The number of aromatic amines is 1. The van der Waals surface area contributed by atoms with E-state index in [4.69, 9.17) is 4.74 Å². The van der Waals surface area contributed by atoms with Crippen LogP contribution in [0.5, 0.6) is 0 Å². The highest BCUT2D eigenvalue weighted by Gasteiger charge is 2.39. The average Bonchev–Trinajstić information content (AvgIpc) is 3.33. The van der Waals surface area contributed by atoms with Gasteiger partial charge in [-0.15, -0.1) is 0 Å². The lowest BCUT2D eigenvalue weighted by atomic mass is 9.96. The van der Waals surface area contributed by atoms with Gasteiger partial charge in [0.15, 0.2) is 0 Å². The molecular weight excluding hydrogens is 398 g/mol. The third-order valence-corrected chi connectivity index (χ3v) is 5.93. The highest BCUT2D eigenvalue weighted by Crippen LogP contribution is 2.27. The molecule has 0 aliphatic carbocycles. The maximum atomic E-state index is 12.8. The number of ether oxygens (including phenoxy) is 1. The van der Waals surface area contributed by atoms with Gasteiger partial charge in [-0.1, -0.05) is 6.07 Å². The Hall–Kier alpha value is -2.97. The Morgan fingerprint density at radius 3 is 2.58 bits per heavy atom. The Morgan fingerprint density at radius 2 is 1.87 bits per heavy atom. The Balaban J connectivity index is 1.31. The number of fused-ring (bicyclic) bond motifs is 1. The van der Waals surface area contributed by atoms with Crippen LogP contribution in [0, 0.1) is 5.92 Å². The summed E-state index contributed by atoms with van der Waals surface area (Å²) >= 11 is 0. The van der Waals surface area contributed by atoms with E-state index in [2.05, 4.69) is 15.4 Å². The van der Waals surface area contributed by atoms with Crippen LogP contribution in [0.15, 0.2) is 18.2 Å². The van der Waals surface area contributed by atoms with Crippen molar-refractivity contribution in [2.75, 3.05) is 19.6 Å². The fraction of sp³-hybridized carbons (Fsp3) is 0.591. The van der Waals surface area contributed by atoms with E-state index in [-0.39, 0.29) is 42.6 Å². The van der Waals surface area contributed by atoms with Crippen molar-refractivity contribution < 1.29 is 19.1 Å². The van der Waals surface area contributed by atoms with Gasteiger partial charge in [-0.3, -0.25) is 9.59 Å². The minimum Gasteiger partial charge on any atom is -0.444 e.